The first-order valence-electron chi connectivity index (χ1n) is 15.1. The molecule has 1 nitrogen and oxygen atoms in total. The van der Waals surface area contributed by atoms with E-state index in [4.69, 9.17) is 0 Å². The topological polar surface area (TPSA) is 4.93 Å². The average Bonchev–Trinajstić information content (AvgIpc) is 3.42. The minimum atomic E-state index is 0.368. The second-order valence-corrected chi connectivity index (χ2v) is 12.0. The first-order chi connectivity index (χ1) is 18.7. The molecule has 0 amide bonds. The third-order valence-electron chi connectivity index (χ3n) is 8.81. The molecular formula is C37H50BN. The fourth-order valence-corrected chi connectivity index (χ4v) is 6.26. The van der Waals surface area contributed by atoms with Crippen molar-refractivity contribution in [2.45, 2.75) is 81.4 Å². The van der Waals surface area contributed by atoms with Crippen molar-refractivity contribution in [1.29, 1.82) is 0 Å². The summed E-state index contributed by atoms with van der Waals surface area (Å²) in [6.45, 7) is 24.7. The predicted octanol–water partition coefficient (Wildman–Crippen LogP) is 11.3. The van der Waals surface area contributed by atoms with Crippen molar-refractivity contribution in [2.75, 3.05) is 0 Å². The van der Waals surface area contributed by atoms with Gasteiger partial charge in [-0.15, -0.1) is 0 Å². The van der Waals surface area contributed by atoms with Gasteiger partial charge in [-0.05, 0) is 64.6 Å². The molecule has 2 heteroatoms. The minimum Gasteiger partial charge on any atom is -0.310 e. The Labute approximate surface area is 239 Å². The highest BCUT2D eigenvalue weighted by molar-refractivity contribution is 6.69. The van der Waals surface area contributed by atoms with Gasteiger partial charge in [0, 0.05) is 16.8 Å². The molecule has 0 spiro atoms. The molecule has 0 radical (unpaired) electrons. The van der Waals surface area contributed by atoms with Crippen LogP contribution in [0.1, 0.15) is 80.0 Å². The Hall–Kier alpha value is -3.00. The molecular weight excluding hydrogens is 469 g/mol. The SMILES string of the molecule is C=C/C=C\c1cc2c(C3=CC(B4CC(C)(C)C(C)(C)C4)=CC(C)C3)cccc2n1-c1ccccc1.CC.CC. The summed E-state index contributed by atoms with van der Waals surface area (Å²) in [5.41, 5.74) is 8.77. The first-order valence-corrected chi connectivity index (χ1v) is 15.1. The van der Waals surface area contributed by atoms with E-state index in [1.54, 1.807) is 5.47 Å². The lowest BCUT2D eigenvalue weighted by Crippen LogP contribution is -2.24. The van der Waals surface area contributed by atoms with Gasteiger partial charge in [-0.1, -0.05) is 142 Å². The van der Waals surface area contributed by atoms with Crippen molar-refractivity contribution in [3.8, 4) is 5.69 Å². The molecule has 2 aliphatic rings. The fourth-order valence-electron chi connectivity index (χ4n) is 6.26. The Morgan fingerprint density at radius 1 is 0.897 bits per heavy atom. The number of allylic oxidation sites excluding steroid dienone is 6. The average molecular weight is 520 g/mol. The van der Waals surface area contributed by atoms with E-state index >= 15 is 0 Å². The van der Waals surface area contributed by atoms with E-state index in [2.05, 4.69) is 119 Å². The predicted molar refractivity (Wildman–Crippen MR) is 178 cm³/mol. The molecule has 206 valence electrons. The molecule has 1 saturated heterocycles. The van der Waals surface area contributed by atoms with Gasteiger partial charge in [-0.3, -0.25) is 0 Å². The second kappa shape index (κ2) is 12.9. The Morgan fingerprint density at radius 3 is 2.15 bits per heavy atom. The minimum absolute atomic E-state index is 0.368. The molecule has 0 saturated carbocycles. The van der Waals surface area contributed by atoms with Crippen LogP contribution in [0, 0.1) is 16.7 Å². The van der Waals surface area contributed by atoms with Crippen molar-refractivity contribution in [3.05, 3.63) is 102 Å². The van der Waals surface area contributed by atoms with Crippen molar-refractivity contribution in [2.24, 2.45) is 16.7 Å². The van der Waals surface area contributed by atoms with Crippen LogP contribution in [0.5, 0.6) is 0 Å². The van der Waals surface area contributed by atoms with Crippen molar-refractivity contribution >= 4 is 29.3 Å². The van der Waals surface area contributed by atoms with Crippen molar-refractivity contribution in [1.82, 2.24) is 4.57 Å². The maximum atomic E-state index is 3.89. The summed E-state index contributed by atoms with van der Waals surface area (Å²) in [5.74, 6) is 0.559. The van der Waals surface area contributed by atoms with Gasteiger partial charge in [0.1, 0.15) is 0 Å². The van der Waals surface area contributed by atoms with Crippen LogP contribution in [-0.4, -0.2) is 11.3 Å². The molecule has 39 heavy (non-hydrogen) atoms. The van der Waals surface area contributed by atoms with Crippen LogP contribution in [-0.2, 0) is 0 Å². The maximum Gasteiger partial charge on any atom is 0.176 e. The Morgan fingerprint density at radius 2 is 1.54 bits per heavy atom. The summed E-state index contributed by atoms with van der Waals surface area (Å²) in [6.07, 6.45) is 14.8. The van der Waals surface area contributed by atoms with Gasteiger partial charge in [0.15, 0.2) is 6.71 Å². The normalized spacial score (nSPS) is 19.5. The van der Waals surface area contributed by atoms with E-state index in [0.717, 1.165) is 6.42 Å². The molecule has 1 atom stereocenters. The lowest BCUT2D eigenvalue weighted by molar-refractivity contribution is 0.177. The van der Waals surface area contributed by atoms with E-state index in [1.165, 1.54) is 46.1 Å². The van der Waals surface area contributed by atoms with Gasteiger partial charge in [0.05, 0.1) is 5.52 Å². The van der Waals surface area contributed by atoms with Gasteiger partial charge >= 0.3 is 0 Å². The van der Waals surface area contributed by atoms with Crippen LogP contribution in [0.4, 0.5) is 0 Å². The summed E-state index contributed by atoms with van der Waals surface area (Å²) >= 11 is 0. The highest BCUT2D eigenvalue weighted by Crippen LogP contribution is 2.55. The molecule has 0 N–H and O–H groups in total. The number of para-hydroxylation sites is 1. The number of hydrogen-bond donors (Lipinski definition) is 0. The molecule has 5 rings (SSSR count). The Bertz CT molecular complexity index is 1330. The summed E-state index contributed by atoms with van der Waals surface area (Å²) in [6, 6.07) is 19.8. The highest BCUT2D eigenvalue weighted by Gasteiger charge is 2.48. The zero-order chi connectivity index (χ0) is 28.8. The van der Waals surface area contributed by atoms with E-state index in [1.807, 2.05) is 39.8 Å². The number of benzene rings is 2. The zero-order valence-electron chi connectivity index (χ0n) is 26.0. The van der Waals surface area contributed by atoms with Crippen LogP contribution in [0.2, 0.25) is 12.6 Å². The third-order valence-corrected chi connectivity index (χ3v) is 8.81. The van der Waals surface area contributed by atoms with Gasteiger partial charge in [-0.25, -0.2) is 0 Å². The summed E-state index contributed by atoms with van der Waals surface area (Å²) in [4.78, 5) is 0. The Kier molecular flexibility index (Phi) is 10.1. The fraction of sp³-hybridized carbons (Fsp3) is 0.405. The monoisotopic (exact) mass is 519 g/mol. The molecule has 2 heterocycles. The second-order valence-electron chi connectivity index (χ2n) is 12.0. The van der Waals surface area contributed by atoms with Crippen LogP contribution in [0.25, 0.3) is 28.2 Å². The number of hydrogen-bond acceptors (Lipinski definition) is 0. The van der Waals surface area contributed by atoms with E-state index < -0.39 is 0 Å². The molecule has 1 aliphatic carbocycles. The molecule has 1 fully saturated rings. The van der Waals surface area contributed by atoms with Crippen LogP contribution in [0.3, 0.4) is 0 Å². The standard InChI is InChI=1S/C33H38BN.2C2H6/c1-7-8-13-28-21-30-29(16-12-17-31(30)35(28)27-14-10-9-11-15-27)25-18-24(2)19-26(20-25)34-22-32(3,4)33(5,6)23-34;2*1-2/h7-17,19-21,24H,1,18,22-23H2,2-6H3;2*1-2H3/b13-8-;;. The molecule has 3 aromatic rings. The third kappa shape index (κ3) is 6.27. The molecule has 1 aromatic heterocycles. The van der Waals surface area contributed by atoms with E-state index in [9.17, 15) is 0 Å². The lowest BCUT2D eigenvalue weighted by atomic mass is 9.40. The van der Waals surface area contributed by atoms with E-state index in [-0.39, 0.29) is 0 Å². The molecule has 0 bridgehead atoms. The molecule has 1 unspecified atom stereocenters. The van der Waals surface area contributed by atoms with Gasteiger partial charge in [0.25, 0.3) is 0 Å². The van der Waals surface area contributed by atoms with Crippen LogP contribution in [0.15, 0.2) is 91.0 Å². The number of nitrogens with zero attached hydrogens (tertiary/aromatic N) is 1. The van der Waals surface area contributed by atoms with Gasteiger partial charge in [0.2, 0.25) is 0 Å². The lowest BCUT2D eigenvalue weighted by Gasteiger charge is -2.35. The van der Waals surface area contributed by atoms with Crippen LogP contribution >= 0.6 is 0 Å². The van der Waals surface area contributed by atoms with Crippen molar-refractivity contribution in [3.63, 3.8) is 0 Å². The number of rotatable bonds is 5. The quantitative estimate of drug-likeness (QED) is 0.233. The summed E-state index contributed by atoms with van der Waals surface area (Å²) in [5, 5.41) is 1.33. The maximum absolute atomic E-state index is 3.89. The largest absolute Gasteiger partial charge is 0.310 e. The highest BCUT2D eigenvalue weighted by atomic mass is 15.0. The number of aromatic nitrogens is 1. The van der Waals surface area contributed by atoms with Crippen LogP contribution < -0.4 is 0 Å². The Balaban J connectivity index is 0.00000100. The number of fused-ring (bicyclic) bond motifs is 1. The molecule has 2 aromatic carbocycles. The van der Waals surface area contributed by atoms with E-state index in [0.29, 0.717) is 23.5 Å². The smallest absolute Gasteiger partial charge is 0.176 e. The first kappa shape index (κ1) is 30.5. The van der Waals surface area contributed by atoms with Gasteiger partial charge in [-0.2, -0.15) is 0 Å². The van der Waals surface area contributed by atoms with Crippen molar-refractivity contribution < 1.29 is 0 Å². The van der Waals surface area contributed by atoms with Gasteiger partial charge < -0.3 is 4.57 Å². The summed E-state index contributed by atoms with van der Waals surface area (Å²) in [7, 11) is 0. The zero-order valence-corrected chi connectivity index (χ0v) is 26.0. The molecule has 1 aliphatic heterocycles. The summed E-state index contributed by atoms with van der Waals surface area (Å²) < 4.78 is 2.37.